The van der Waals surface area contributed by atoms with E-state index < -0.39 is 5.91 Å². The van der Waals surface area contributed by atoms with Gasteiger partial charge >= 0.3 is 0 Å². The molecule has 1 amide bonds. The highest BCUT2D eigenvalue weighted by Gasteiger charge is 2.13. The number of amides is 1. The summed E-state index contributed by atoms with van der Waals surface area (Å²) in [6, 6.07) is 8.10. The highest BCUT2D eigenvalue weighted by atomic mass is 79.9. The van der Waals surface area contributed by atoms with Gasteiger partial charge in [-0.3, -0.25) is 9.59 Å². The van der Waals surface area contributed by atoms with E-state index in [4.69, 9.17) is 23.2 Å². The number of benzene rings is 1. The molecule has 0 aliphatic rings. The molecule has 2 heterocycles. The molecule has 0 bridgehead atoms. The van der Waals surface area contributed by atoms with Crippen molar-refractivity contribution >= 4 is 50.7 Å². The van der Waals surface area contributed by atoms with Crippen LogP contribution in [0.2, 0.25) is 10.0 Å². The predicted octanol–water partition coefficient (Wildman–Crippen LogP) is 3.89. The number of anilines is 1. The molecular weight excluding hydrogens is 431 g/mol. The first-order valence-electron chi connectivity index (χ1n) is 7.04. The first-order chi connectivity index (χ1) is 11.8. The van der Waals surface area contributed by atoms with E-state index >= 15 is 0 Å². The van der Waals surface area contributed by atoms with Crippen molar-refractivity contribution in [2.24, 2.45) is 7.05 Å². The maximum Gasteiger partial charge on any atom is 0.276 e. The highest BCUT2D eigenvalue weighted by molar-refractivity contribution is 9.10. The number of aryl methyl sites for hydroxylation is 1. The van der Waals surface area contributed by atoms with Crippen LogP contribution in [0.1, 0.15) is 10.5 Å². The molecule has 0 radical (unpaired) electrons. The molecule has 1 aromatic carbocycles. The van der Waals surface area contributed by atoms with Gasteiger partial charge in [-0.2, -0.15) is 5.10 Å². The second-order valence-electron chi connectivity index (χ2n) is 5.19. The van der Waals surface area contributed by atoms with E-state index in [2.05, 4.69) is 26.3 Å². The Morgan fingerprint density at radius 3 is 2.68 bits per heavy atom. The third-order valence-corrected chi connectivity index (χ3v) is 4.48. The van der Waals surface area contributed by atoms with Crippen molar-refractivity contribution in [1.29, 1.82) is 0 Å². The van der Waals surface area contributed by atoms with Gasteiger partial charge in [0.2, 0.25) is 0 Å². The van der Waals surface area contributed by atoms with E-state index in [1.54, 1.807) is 37.5 Å². The van der Waals surface area contributed by atoms with Crippen molar-refractivity contribution in [3.05, 3.63) is 73.3 Å². The van der Waals surface area contributed by atoms with Gasteiger partial charge in [0.05, 0.1) is 20.9 Å². The molecule has 0 unspecified atom stereocenters. The highest BCUT2D eigenvalue weighted by Crippen LogP contribution is 2.24. The lowest BCUT2D eigenvalue weighted by molar-refractivity contribution is 0.102. The number of aromatic nitrogens is 3. The first-order valence-corrected chi connectivity index (χ1v) is 8.58. The Morgan fingerprint density at radius 2 is 2.00 bits per heavy atom. The number of carbonyl (C=O) groups is 1. The molecule has 3 rings (SSSR count). The molecule has 6 nitrogen and oxygen atoms in total. The van der Waals surface area contributed by atoms with E-state index in [1.807, 2.05) is 0 Å². The first kappa shape index (κ1) is 17.7. The zero-order valence-corrected chi connectivity index (χ0v) is 15.9. The van der Waals surface area contributed by atoms with Crippen LogP contribution in [0.4, 0.5) is 5.69 Å². The molecule has 0 fully saturated rings. The van der Waals surface area contributed by atoms with Crippen LogP contribution in [0.25, 0.3) is 5.69 Å². The molecule has 0 aliphatic heterocycles. The van der Waals surface area contributed by atoms with Gasteiger partial charge in [-0.15, -0.1) is 0 Å². The summed E-state index contributed by atoms with van der Waals surface area (Å²) in [7, 11) is 1.60. The molecular formula is C16H11BrCl2N4O2. The Kier molecular flexibility index (Phi) is 4.99. The van der Waals surface area contributed by atoms with E-state index in [-0.39, 0.29) is 11.3 Å². The third-order valence-electron chi connectivity index (χ3n) is 3.38. The summed E-state index contributed by atoms with van der Waals surface area (Å²) < 4.78 is 3.21. The zero-order chi connectivity index (χ0) is 18.1. The molecule has 128 valence electrons. The van der Waals surface area contributed by atoms with E-state index in [0.29, 0.717) is 25.9 Å². The predicted molar refractivity (Wildman–Crippen MR) is 101 cm³/mol. The summed E-state index contributed by atoms with van der Waals surface area (Å²) in [6.07, 6.45) is 3.15. The number of nitrogens with zero attached hydrogens (tertiary/aromatic N) is 3. The summed E-state index contributed by atoms with van der Waals surface area (Å²) in [6.45, 7) is 0. The van der Waals surface area contributed by atoms with E-state index in [0.717, 1.165) is 0 Å². The van der Waals surface area contributed by atoms with Crippen molar-refractivity contribution in [3.8, 4) is 5.69 Å². The summed E-state index contributed by atoms with van der Waals surface area (Å²) in [5.41, 5.74) is 1.09. The normalized spacial score (nSPS) is 10.7. The van der Waals surface area contributed by atoms with Crippen LogP contribution in [0, 0.1) is 0 Å². The van der Waals surface area contributed by atoms with E-state index in [1.165, 1.54) is 21.5 Å². The van der Waals surface area contributed by atoms with E-state index in [9.17, 15) is 9.59 Å². The van der Waals surface area contributed by atoms with Crippen molar-refractivity contribution in [2.45, 2.75) is 0 Å². The van der Waals surface area contributed by atoms with Gasteiger partial charge in [0.1, 0.15) is 0 Å². The van der Waals surface area contributed by atoms with Gasteiger partial charge in [0, 0.05) is 24.5 Å². The van der Waals surface area contributed by atoms with Gasteiger partial charge < -0.3 is 9.88 Å². The fourth-order valence-electron chi connectivity index (χ4n) is 2.18. The Hall–Kier alpha value is -2.09. The average molecular weight is 442 g/mol. The topological polar surface area (TPSA) is 68.9 Å². The fourth-order valence-corrected chi connectivity index (χ4v) is 3.20. The lowest BCUT2D eigenvalue weighted by atomic mass is 10.3. The number of halogens is 3. The fraction of sp³-hybridized carbons (Fsp3) is 0.0625. The SMILES string of the molecule is Cn1cc(NC(=O)c2ccn(-c3ccc(Cl)cc3Cl)n2)cc(Br)c1=O. The molecule has 0 aliphatic carbocycles. The van der Waals surface area contributed by atoms with Crippen LogP contribution in [0.15, 0.2) is 52.0 Å². The minimum absolute atomic E-state index is 0.195. The van der Waals surface area contributed by atoms with Gasteiger partial charge in [0.25, 0.3) is 11.5 Å². The van der Waals surface area contributed by atoms with Crippen LogP contribution in [0.5, 0.6) is 0 Å². The number of hydrogen-bond donors (Lipinski definition) is 1. The van der Waals surface area contributed by atoms with Gasteiger partial charge in [-0.1, -0.05) is 23.2 Å². The number of rotatable bonds is 3. The minimum Gasteiger partial charge on any atom is -0.319 e. The van der Waals surface area contributed by atoms with Crippen LogP contribution in [-0.4, -0.2) is 20.3 Å². The zero-order valence-electron chi connectivity index (χ0n) is 12.8. The molecule has 2 aromatic heterocycles. The largest absolute Gasteiger partial charge is 0.319 e. The van der Waals surface area contributed by atoms with Crippen molar-refractivity contribution in [1.82, 2.24) is 14.3 Å². The quantitative estimate of drug-likeness (QED) is 0.670. The molecule has 1 N–H and O–H groups in total. The van der Waals surface area contributed by atoms with Crippen LogP contribution < -0.4 is 10.9 Å². The molecule has 0 atom stereocenters. The Morgan fingerprint density at radius 1 is 1.24 bits per heavy atom. The lowest BCUT2D eigenvalue weighted by Crippen LogP contribution is -2.20. The molecule has 0 spiro atoms. The van der Waals surface area contributed by atoms with Crippen molar-refractivity contribution in [3.63, 3.8) is 0 Å². The second kappa shape index (κ2) is 7.03. The molecule has 0 saturated heterocycles. The summed E-state index contributed by atoms with van der Waals surface area (Å²) in [4.78, 5) is 24.0. The molecule has 0 saturated carbocycles. The summed E-state index contributed by atoms with van der Waals surface area (Å²) in [5, 5.41) is 7.86. The maximum absolute atomic E-state index is 12.4. The standard InChI is InChI=1S/C16H11BrCl2N4O2/c1-22-8-10(7-11(17)16(22)25)20-15(24)13-4-5-23(21-13)14-3-2-9(18)6-12(14)19/h2-8H,1H3,(H,20,24). The Balaban J connectivity index is 1.85. The van der Waals surface area contributed by atoms with Crippen LogP contribution in [0.3, 0.4) is 0 Å². The summed E-state index contributed by atoms with van der Waals surface area (Å²) in [5.74, 6) is -0.408. The van der Waals surface area contributed by atoms with Crippen molar-refractivity contribution in [2.75, 3.05) is 5.32 Å². The number of hydrogen-bond acceptors (Lipinski definition) is 3. The van der Waals surface area contributed by atoms with Crippen molar-refractivity contribution < 1.29 is 4.79 Å². The number of pyridine rings is 1. The third kappa shape index (κ3) is 3.78. The second-order valence-corrected chi connectivity index (χ2v) is 6.89. The van der Waals surface area contributed by atoms with Gasteiger partial charge in [-0.05, 0) is 46.3 Å². The van der Waals surface area contributed by atoms with Gasteiger partial charge in [0.15, 0.2) is 5.69 Å². The van der Waals surface area contributed by atoms with Crippen LogP contribution >= 0.6 is 39.1 Å². The molecule has 9 heteroatoms. The van der Waals surface area contributed by atoms with Crippen LogP contribution in [-0.2, 0) is 7.05 Å². The summed E-state index contributed by atoms with van der Waals surface area (Å²) >= 11 is 15.2. The van der Waals surface area contributed by atoms with Gasteiger partial charge in [-0.25, -0.2) is 4.68 Å². The minimum atomic E-state index is -0.408. The number of carbonyl (C=O) groups excluding carboxylic acids is 1. The Labute approximate surface area is 161 Å². The Bertz CT molecular complexity index is 1000. The average Bonchev–Trinajstić information content (AvgIpc) is 3.02. The lowest BCUT2D eigenvalue weighted by Gasteiger charge is -2.07. The molecule has 3 aromatic rings. The molecule has 25 heavy (non-hydrogen) atoms. The maximum atomic E-state index is 12.4. The smallest absolute Gasteiger partial charge is 0.276 e. The number of nitrogens with one attached hydrogen (secondary N) is 1. The monoisotopic (exact) mass is 440 g/mol.